The van der Waals surface area contributed by atoms with Crippen molar-refractivity contribution in [3.8, 4) is 0 Å². The number of hydrogen-bond donors (Lipinski definition) is 0. The highest BCUT2D eigenvalue weighted by Gasteiger charge is 2.61. The standard InChI is InChI=1S/C17H22O10/c1-8(2)14(19)24-7-10(18)26-17-12(15(20)23-6-5-22-4)11-13(27-17)9(3)25-16(11)21/h9,11-13,17H,1,5-7H2,2-4H3. The molecular weight excluding hydrogens is 364 g/mol. The second-order valence-corrected chi connectivity index (χ2v) is 6.17. The number of ether oxygens (including phenoxy) is 6. The molecule has 0 radical (unpaired) electrons. The lowest BCUT2D eigenvalue weighted by Crippen LogP contribution is -2.37. The summed E-state index contributed by atoms with van der Waals surface area (Å²) < 4.78 is 30.3. The Morgan fingerprint density at radius 3 is 2.52 bits per heavy atom. The Morgan fingerprint density at radius 1 is 1.19 bits per heavy atom. The number of fused-ring (bicyclic) bond motifs is 1. The highest BCUT2D eigenvalue weighted by molar-refractivity contribution is 5.89. The van der Waals surface area contributed by atoms with Crippen LogP contribution in [-0.2, 0) is 47.6 Å². The number of carbonyl (C=O) groups excluding carboxylic acids is 4. The van der Waals surface area contributed by atoms with Gasteiger partial charge in [-0.2, -0.15) is 0 Å². The molecule has 2 fully saturated rings. The van der Waals surface area contributed by atoms with E-state index in [9.17, 15) is 19.2 Å². The van der Waals surface area contributed by atoms with Crippen molar-refractivity contribution in [2.24, 2.45) is 11.8 Å². The highest BCUT2D eigenvalue weighted by atomic mass is 16.7. The van der Waals surface area contributed by atoms with Gasteiger partial charge in [-0.1, -0.05) is 6.58 Å². The van der Waals surface area contributed by atoms with E-state index in [2.05, 4.69) is 6.58 Å². The number of carbonyl (C=O) groups is 4. The van der Waals surface area contributed by atoms with E-state index in [-0.39, 0.29) is 18.8 Å². The molecule has 2 aliphatic rings. The highest BCUT2D eigenvalue weighted by Crippen LogP contribution is 2.41. The summed E-state index contributed by atoms with van der Waals surface area (Å²) in [6.07, 6.45) is -2.73. The van der Waals surface area contributed by atoms with Crippen molar-refractivity contribution >= 4 is 23.9 Å². The molecule has 0 N–H and O–H groups in total. The summed E-state index contributed by atoms with van der Waals surface area (Å²) in [4.78, 5) is 47.8. The summed E-state index contributed by atoms with van der Waals surface area (Å²) in [7, 11) is 1.44. The van der Waals surface area contributed by atoms with E-state index in [1.807, 2.05) is 0 Å². The van der Waals surface area contributed by atoms with Gasteiger partial charge in [-0.05, 0) is 13.8 Å². The molecule has 0 bridgehead atoms. The molecule has 10 nitrogen and oxygen atoms in total. The van der Waals surface area contributed by atoms with Crippen molar-refractivity contribution in [2.75, 3.05) is 26.9 Å². The van der Waals surface area contributed by atoms with Crippen LogP contribution in [0.2, 0.25) is 0 Å². The Balaban J connectivity index is 2.04. The Kier molecular flexibility index (Phi) is 6.92. The zero-order valence-corrected chi connectivity index (χ0v) is 15.3. The second-order valence-electron chi connectivity index (χ2n) is 6.17. The largest absolute Gasteiger partial charge is 0.463 e. The normalized spacial score (nSPS) is 28.9. The Hall–Kier alpha value is -2.46. The van der Waals surface area contributed by atoms with Gasteiger partial charge >= 0.3 is 23.9 Å². The van der Waals surface area contributed by atoms with Crippen LogP contribution in [0.1, 0.15) is 13.8 Å². The maximum absolute atomic E-state index is 12.4. The molecule has 2 saturated heterocycles. The molecule has 10 heteroatoms. The van der Waals surface area contributed by atoms with Crippen LogP contribution in [0.5, 0.6) is 0 Å². The van der Waals surface area contributed by atoms with Crippen molar-refractivity contribution in [3.05, 3.63) is 12.2 Å². The van der Waals surface area contributed by atoms with Crippen LogP contribution in [-0.4, -0.2) is 69.3 Å². The third-order valence-electron chi connectivity index (χ3n) is 4.08. The van der Waals surface area contributed by atoms with Gasteiger partial charge in [0.2, 0.25) is 6.29 Å². The lowest BCUT2D eigenvalue weighted by molar-refractivity contribution is -0.199. The first-order valence-electron chi connectivity index (χ1n) is 8.30. The molecule has 0 aromatic heterocycles. The molecule has 0 aliphatic carbocycles. The van der Waals surface area contributed by atoms with Gasteiger partial charge in [0.1, 0.15) is 30.7 Å². The number of cyclic esters (lactones) is 1. The molecule has 150 valence electrons. The average molecular weight is 386 g/mol. The Labute approximate surface area is 155 Å². The van der Waals surface area contributed by atoms with Crippen LogP contribution < -0.4 is 0 Å². The van der Waals surface area contributed by atoms with E-state index in [1.54, 1.807) is 6.92 Å². The van der Waals surface area contributed by atoms with Gasteiger partial charge in [0.05, 0.1) is 6.61 Å². The first-order chi connectivity index (χ1) is 12.8. The first-order valence-corrected chi connectivity index (χ1v) is 8.30. The quantitative estimate of drug-likeness (QED) is 0.238. The summed E-state index contributed by atoms with van der Waals surface area (Å²) in [5, 5.41) is 0. The molecular formula is C17H22O10. The fourth-order valence-electron chi connectivity index (χ4n) is 2.80. The smallest absolute Gasteiger partial charge is 0.346 e. The van der Waals surface area contributed by atoms with E-state index in [4.69, 9.17) is 28.4 Å². The lowest BCUT2D eigenvalue weighted by Gasteiger charge is -2.20. The van der Waals surface area contributed by atoms with E-state index in [1.165, 1.54) is 14.0 Å². The number of rotatable bonds is 8. The molecule has 2 rings (SSSR count). The van der Waals surface area contributed by atoms with Crippen molar-refractivity contribution < 1.29 is 47.6 Å². The van der Waals surface area contributed by atoms with Crippen LogP contribution in [0.15, 0.2) is 12.2 Å². The molecule has 0 amide bonds. The minimum absolute atomic E-state index is 0.0370. The van der Waals surface area contributed by atoms with Crippen molar-refractivity contribution in [1.82, 2.24) is 0 Å². The number of esters is 4. The maximum atomic E-state index is 12.4. The zero-order valence-electron chi connectivity index (χ0n) is 15.3. The minimum Gasteiger partial charge on any atom is -0.463 e. The zero-order chi connectivity index (χ0) is 20.1. The minimum atomic E-state index is -1.36. The van der Waals surface area contributed by atoms with Gasteiger partial charge in [0.25, 0.3) is 0 Å². The molecule has 2 aliphatic heterocycles. The van der Waals surface area contributed by atoms with E-state index in [0.29, 0.717) is 0 Å². The van der Waals surface area contributed by atoms with E-state index >= 15 is 0 Å². The summed E-state index contributed by atoms with van der Waals surface area (Å²) in [5.41, 5.74) is 0.116. The van der Waals surface area contributed by atoms with Crippen LogP contribution in [0, 0.1) is 11.8 Å². The van der Waals surface area contributed by atoms with Gasteiger partial charge in [-0.15, -0.1) is 0 Å². The predicted molar refractivity (Wildman–Crippen MR) is 85.9 cm³/mol. The lowest BCUT2D eigenvalue weighted by atomic mass is 9.90. The first kappa shape index (κ1) is 20.8. The molecule has 5 unspecified atom stereocenters. The third-order valence-corrected chi connectivity index (χ3v) is 4.08. The van der Waals surface area contributed by atoms with Gasteiger partial charge in [-0.3, -0.25) is 9.59 Å². The molecule has 27 heavy (non-hydrogen) atoms. The summed E-state index contributed by atoms with van der Waals surface area (Å²) in [5.74, 6) is -5.25. The average Bonchev–Trinajstić information content (AvgIpc) is 3.10. The topological polar surface area (TPSA) is 124 Å². The summed E-state index contributed by atoms with van der Waals surface area (Å²) in [6, 6.07) is 0. The number of methoxy groups -OCH3 is 1. The number of hydrogen-bond acceptors (Lipinski definition) is 10. The monoisotopic (exact) mass is 386 g/mol. The van der Waals surface area contributed by atoms with Gasteiger partial charge in [0.15, 0.2) is 6.61 Å². The van der Waals surface area contributed by atoms with Gasteiger partial charge < -0.3 is 28.4 Å². The maximum Gasteiger partial charge on any atom is 0.346 e. The summed E-state index contributed by atoms with van der Waals surface area (Å²) >= 11 is 0. The SMILES string of the molecule is C=C(C)C(=O)OCC(=O)OC1OC2C(C)OC(=O)C2C1C(=O)OCCOC. The fourth-order valence-corrected chi connectivity index (χ4v) is 2.80. The van der Waals surface area contributed by atoms with Gasteiger partial charge in [0, 0.05) is 12.7 Å². The van der Waals surface area contributed by atoms with Crippen molar-refractivity contribution in [2.45, 2.75) is 32.3 Å². The molecule has 0 spiro atoms. The molecule has 0 saturated carbocycles. The molecule has 2 heterocycles. The van der Waals surface area contributed by atoms with Crippen LogP contribution >= 0.6 is 0 Å². The predicted octanol–water partition coefficient (Wildman–Crippen LogP) is -0.259. The van der Waals surface area contributed by atoms with Gasteiger partial charge in [-0.25, -0.2) is 9.59 Å². The van der Waals surface area contributed by atoms with Crippen molar-refractivity contribution in [3.63, 3.8) is 0 Å². The molecule has 5 atom stereocenters. The van der Waals surface area contributed by atoms with E-state index in [0.717, 1.165) is 0 Å². The Bertz CT molecular complexity index is 627. The van der Waals surface area contributed by atoms with Crippen molar-refractivity contribution in [1.29, 1.82) is 0 Å². The van der Waals surface area contributed by atoms with Crippen LogP contribution in [0.3, 0.4) is 0 Å². The Morgan fingerprint density at radius 2 is 1.89 bits per heavy atom. The summed E-state index contributed by atoms with van der Waals surface area (Å²) in [6.45, 7) is 5.86. The molecule has 0 aromatic carbocycles. The second kappa shape index (κ2) is 8.96. The van der Waals surface area contributed by atoms with E-state index < -0.39 is 60.8 Å². The van der Waals surface area contributed by atoms with Crippen LogP contribution in [0.4, 0.5) is 0 Å². The molecule has 0 aromatic rings. The fraction of sp³-hybridized carbons (Fsp3) is 0.647. The van der Waals surface area contributed by atoms with Crippen LogP contribution in [0.25, 0.3) is 0 Å². The third kappa shape index (κ3) is 4.83.